The van der Waals surface area contributed by atoms with Crippen LogP contribution in [-0.2, 0) is 16.0 Å². The van der Waals surface area contributed by atoms with Crippen LogP contribution in [0.2, 0.25) is 0 Å². The van der Waals surface area contributed by atoms with E-state index in [1.54, 1.807) is 0 Å². The number of rotatable bonds is 7. The topological polar surface area (TPSA) is 43.9 Å². The minimum atomic E-state index is -0.507. The average Bonchev–Trinajstić information content (AvgIpc) is 3.81. The SMILES string of the molecule is CN1C(c2ccc(C3CC3)cc2)N(CCCc2ccccc2)C(=O)C12CCN(C(=O)C1CC1)CC2. The Morgan fingerprint density at radius 2 is 1.57 bits per heavy atom. The Morgan fingerprint density at radius 1 is 0.914 bits per heavy atom. The van der Waals surface area contributed by atoms with Gasteiger partial charge in [0.25, 0.3) is 0 Å². The van der Waals surface area contributed by atoms with Crippen molar-refractivity contribution in [2.75, 3.05) is 26.7 Å². The second-order valence-corrected chi connectivity index (χ2v) is 11.1. The minimum absolute atomic E-state index is 0.0442. The average molecular weight is 472 g/mol. The van der Waals surface area contributed by atoms with Crippen molar-refractivity contribution in [2.24, 2.45) is 5.92 Å². The third-order valence-electron chi connectivity index (χ3n) is 8.82. The van der Waals surface area contributed by atoms with Crippen LogP contribution < -0.4 is 0 Å². The molecule has 4 fully saturated rings. The third-order valence-corrected chi connectivity index (χ3v) is 8.82. The van der Waals surface area contributed by atoms with Gasteiger partial charge in [0.15, 0.2) is 0 Å². The molecule has 1 spiro atoms. The molecular formula is C30H37N3O2. The predicted molar refractivity (Wildman–Crippen MR) is 137 cm³/mol. The van der Waals surface area contributed by atoms with Gasteiger partial charge in [-0.15, -0.1) is 0 Å². The zero-order valence-electron chi connectivity index (χ0n) is 20.9. The van der Waals surface area contributed by atoms with Crippen molar-refractivity contribution < 1.29 is 9.59 Å². The van der Waals surface area contributed by atoms with Crippen LogP contribution >= 0.6 is 0 Å². The zero-order valence-corrected chi connectivity index (χ0v) is 20.9. The lowest BCUT2D eigenvalue weighted by molar-refractivity contribution is -0.141. The first-order valence-corrected chi connectivity index (χ1v) is 13.5. The zero-order chi connectivity index (χ0) is 24.0. The second kappa shape index (κ2) is 9.09. The van der Waals surface area contributed by atoms with Crippen LogP contribution in [0.4, 0.5) is 0 Å². The molecule has 2 aliphatic heterocycles. The molecule has 5 nitrogen and oxygen atoms in total. The van der Waals surface area contributed by atoms with Crippen molar-refractivity contribution >= 4 is 11.8 Å². The van der Waals surface area contributed by atoms with Gasteiger partial charge in [-0.25, -0.2) is 0 Å². The molecule has 4 aliphatic rings. The molecular weight excluding hydrogens is 434 g/mol. The summed E-state index contributed by atoms with van der Waals surface area (Å²) in [6, 6.07) is 19.6. The fourth-order valence-corrected chi connectivity index (χ4v) is 6.31. The third kappa shape index (κ3) is 4.29. The molecule has 0 aromatic heterocycles. The molecule has 2 saturated heterocycles. The van der Waals surface area contributed by atoms with Gasteiger partial charge in [0, 0.05) is 25.6 Å². The molecule has 2 aromatic rings. The summed E-state index contributed by atoms with van der Waals surface area (Å²) >= 11 is 0. The van der Waals surface area contributed by atoms with Crippen molar-refractivity contribution in [3.8, 4) is 0 Å². The highest BCUT2D eigenvalue weighted by atomic mass is 16.2. The van der Waals surface area contributed by atoms with Crippen molar-refractivity contribution in [2.45, 2.75) is 69.0 Å². The van der Waals surface area contributed by atoms with E-state index in [0.717, 1.165) is 51.0 Å². The molecule has 2 heterocycles. The number of amides is 2. The number of likely N-dealkylation sites (tertiary alicyclic amines) is 1. The van der Waals surface area contributed by atoms with Gasteiger partial charge in [-0.2, -0.15) is 0 Å². The maximum atomic E-state index is 14.1. The van der Waals surface area contributed by atoms with E-state index in [-0.39, 0.29) is 18.0 Å². The van der Waals surface area contributed by atoms with Gasteiger partial charge >= 0.3 is 0 Å². The number of piperidine rings is 1. The first-order valence-electron chi connectivity index (χ1n) is 13.5. The Kier molecular flexibility index (Phi) is 5.92. The van der Waals surface area contributed by atoms with Gasteiger partial charge in [-0.3, -0.25) is 14.5 Å². The Balaban J connectivity index is 1.23. The maximum absolute atomic E-state index is 14.1. The van der Waals surface area contributed by atoms with Crippen molar-refractivity contribution in [1.82, 2.24) is 14.7 Å². The summed E-state index contributed by atoms with van der Waals surface area (Å²) in [6.07, 6.45) is 8.00. The van der Waals surface area contributed by atoms with E-state index in [1.165, 1.54) is 29.5 Å². The minimum Gasteiger partial charge on any atom is -0.342 e. The molecule has 0 N–H and O–H groups in total. The number of carbonyl (C=O) groups excluding carboxylic acids is 2. The quantitative estimate of drug-likeness (QED) is 0.586. The summed E-state index contributed by atoms with van der Waals surface area (Å²) in [6.45, 7) is 2.13. The second-order valence-electron chi connectivity index (χ2n) is 11.1. The Labute approximate surface area is 209 Å². The molecule has 0 radical (unpaired) electrons. The van der Waals surface area contributed by atoms with Gasteiger partial charge < -0.3 is 9.80 Å². The molecule has 1 unspecified atom stereocenters. The van der Waals surface area contributed by atoms with E-state index >= 15 is 0 Å². The number of carbonyl (C=O) groups is 2. The molecule has 5 heteroatoms. The fraction of sp³-hybridized carbons (Fsp3) is 0.533. The van der Waals surface area contributed by atoms with E-state index in [1.807, 2.05) is 11.0 Å². The van der Waals surface area contributed by atoms with E-state index in [4.69, 9.17) is 0 Å². The lowest BCUT2D eigenvalue weighted by atomic mass is 9.85. The lowest BCUT2D eigenvalue weighted by Gasteiger charge is -2.42. The summed E-state index contributed by atoms with van der Waals surface area (Å²) in [5.41, 5.74) is 3.45. The van der Waals surface area contributed by atoms with Crippen LogP contribution in [0.25, 0.3) is 0 Å². The highest BCUT2D eigenvalue weighted by Gasteiger charge is 2.57. The molecule has 2 saturated carbocycles. The normalized spacial score (nSPS) is 24.4. The highest BCUT2D eigenvalue weighted by Crippen LogP contribution is 2.46. The van der Waals surface area contributed by atoms with Crippen LogP contribution in [0, 0.1) is 5.92 Å². The van der Waals surface area contributed by atoms with Crippen LogP contribution in [0.15, 0.2) is 54.6 Å². The van der Waals surface area contributed by atoms with Gasteiger partial charge in [0.1, 0.15) is 11.7 Å². The highest BCUT2D eigenvalue weighted by molar-refractivity contribution is 5.90. The molecule has 2 aliphatic carbocycles. The molecule has 2 aromatic carbocycles. The van der Waals surface area contributed by atoms with Crippen LogP contribution in [0.3, 0.4) is 0 Å². The van der Waals surface area contributed by atoms with Gasteiger partial charge in [0.05, 0.1) is 0 Å². The molecule has 2 amide bonds. The van der Waals surface area contributed by atoms with Gasteiger partial charge in [-0.05, 0) is 81.0 Å². The smallest absolute Gasteiger partial charge is 0.244 e. The van der Waals surface area contributed by atoms with E-state index < -0.39 is 5.54 Å². The van der Waals surface area contributed by atoms with Crippen LogP contribution in [-0.4, -0.2) is 58.7 Å². The maximum Gasteiger partial charge on any atom is 0.244 e. The Morgan fingerprint density at radius 3 is 2.20 bits per heavy atom. The predicted octanol–water partition coefficient (Wildman–Crippen LogP) is 4.74. The van der Waals surface area contributed by atoms with Crippen molar-refractivity contribution in [3.63, 3.8) is 0 Å². The van der Waals surface area contributed by atoms with E-state index in [2.05, 4.69) is 65.4 Å². The van der Waals surface area contributed by atoms with Crippen molar-refractivity contribution in [3.05, 3.63) is 71.3 Å². The molecule has 0 bridgehead atoms. The van der Waals surface area contributed by atoms with Crippen LogP contribution in [0.1, 0.15) is 73.7 Å². The lowest BCUT2D eigenvalue weighted by Crippen LogP contribution is -2.56. The summed E-state index contributed by atoms with van der Waals surface area (Å²) in [5.74, 6) is 1.53. The standard InChI is InChI=1S/C30H37N3O2/c1-31-27(25-13-11-24(12-14-25)23-9-10-23)33(19-5-8-22-6-3-2-4-7-22)29(35)30(31)17-20-32(21-18-30)28(34)26-15-16-26/h2-4,6-7,11-14,23,26-27H,5,8-10,15-21H2,1H3. The summed E-state index contributed by atoms with van der Waals surface area (Å²) in [5, 5.41) is 0. The monoisotopic (exact) mass is 471 g/mol. The van der Waals surface area contributed by atoms with Gasteiger partial charge in [-0.1, -0.05) is 54.6 Å². The fourth-order valence-electron chi connectivity index (χ4n) is 6.31. The Hall–Kier alpha value is -2.66. The number of hydrogen-bond acceptors (Lipinski definition) is 3. The molecule has 35 heavy (non-hydrogen) atoms. The Bertz CT molecular complexity index is 1070. The number of aryl methyl sites for hydroxylation is 1. The molecule has 184 valence electrons. The number of hydrogen-bond donors (Lipinski definition) is 0. The van der Waals surface area contributed by atoms with Crippen LogP contribution in [0.5, 0.6) is 0 Å². The summed E-state index contributed by atoms with van der Waals surface area (Å²) in [4.78, 5) is 33.3. The van der Waals surface area contributed by atoms with Gasteiger partial charge in [0.2, 0.25) is 11.8 Å². The molecule has 6 rings (SSSR count). The first-order chi connectivity index (χ1) is 17.1. The number of nitrogens with zero attached hydrogens (tertiary/aromatic N) is 3. The van der Waals surface area contributed by atoms with Crippen molar-refractivity contribution in [1.29, 1.82) is 0 Å². The summed E-state index contributed by atoms with van der Waals surface area (Å²) in [7, 11) is 2.13. The number of likely N-dealkylation sites (N-methyl/N-ethyl adjacent to an activating group) is 1. The largest absolute Gasteiger partial charge is 0.342 e. The molecule has 1 atom stereocenters. The summed E-state index contributed by atoms with van der Waals surface area (Å²) < 4.78 is 0. The number of benzene rings is 2. The van der Waals surface area contributed by atoms with E-state index in [9.17, 15) is 9.59 Å². The first kappa shape index (κ1) is 22.8. The van der Waals surface area contributed by atoms with E-state index in [0.29, 0.717) is 19.0 Å².